The van der Waals surface area contributed by atoms with Crippen molar-refractivity contribution in [2.24, 2.45) is 0 Å². The van der Waals surface area contributed by atoms with Crippen LogP contribution in [0.1, 0.15) is 23.5 Å². The number of hydrogen-bond acceptors (Lipinski definition) is 4. The van der Waals surface area contributed by atoms with E-state index in [0.717, 1.165) is 16.9 Å². The van der Waals surface area contributed by atoms with Crippen LogP contribution in [-0.4, -0.2) is 21.4 Å². The molecule has 0 aromatic heterocycles. The molecule has 0 bridgehead atoms. The van der Waals surface area contributed by atoms with Gasteiger partial charge in [-0.2, -0.15) is 0 Å². The van der Waals surface area contributed by atoms with Crippen LogP contribution in [0.2, 0.25) is 0 Å². The lowest BCUT2D eigenvalue weighted by molar-refractivity contribution is -0.120. The molecule has 0 fully saturated rings. The third-order valence-electron chi connectivity index (χ3n) is 4.13. The molecule has 126 valence electrons. The van der Waals surface area contributed by atoms with E-state index in [9.17, 15) is 13.2 Å². The van der Waals surface area contributed by atoms with Gasteiger partial charge in [-0.25, -0.2) is 13.1 Å². The number of carbonyl (C=O) groups excluding carboxylic acids is 1. The number of hydrogen-bond donors (Lipinski definition) is 1. The molecule has 0 saturated heterocycles. The minimum absolute atomic E-state index is 0.0437. The van der Waals surface area contributed by atoms with Gasteiger partial charge in [-0.05, 0) is 58.1 Å². The van der Waals surface area contributed by atoms with Crippen LogP contribution in [0.5, 0.6) is 5.75 Å². The van der Waals surface area contributed by atoms with Crippen molar-refractivity contribution in [1.29, 1.82) is 0 Å². The summed E-state index contributed by atoms with van der Waals surface area (Å²) in [6.45, 7) is 0. The Bertz CT molecular complexity index is 895. The minimum Gasteiger partial charge on any atom is -0.496 e. The summed E-state index contributed by atoms with van der Waals surface area (Å²) in [5.74, 6) is -0.276. The maximum atomic E-state index is 12.6. The van der Waals surface area contributed by atoms with Crippen molar-refractivity contribution in [3.63, 3.8) is 0 Å². The van der Waals surface area contributed by atoms with Crippen molar-refractivity contribution in [1.82, 2.24) is 4.72 Å². The number of amides is 1. The van der Waals surface area contributed by atoms with Crippen LogP contribution in [0.15, 0.2) is 51.8 Å². The van der Waals surface area contributed by atoms with Crippen LogP contribution in [0.3, 0.4) is 0 Å². The molecule has 3 rings (SSSR count). The molecular weight excluding hydrogens is 394 g/mol. The lowest BCUT2D eigenvalue weighted by Gasteiger charge is -2.14. The van der Waals surface area contributed by atoms with E-state index >= 15 is 0 Å². The Hall–Kier alpha value is -1.86. The van der Waals surface area contributed by atoms with Gasteiger partial charge in [-0.3, -0.25) is 4.79 Å². The molecular formula is C17H16BrNO4S. The molecule has 2 aromatic carbocycles. The summed E-state index contributed by atoms with van der Waals surface area (Å²) in [6.07, 6.45) is 1.25. The number of benzene rings is 2. The summed E-state index contributed by atoms with van der Waals surface area (Å²) < 4.78 is 32.9. The van der Waals surface area contributed by atoms with E-state index in [1.807, 2.05) is 18.2 Å². The Labute approximate surface area is 149 Å². The van der Waals surface area contributed by atoms with Gasteiger partial charge in [0.25, 0.3) is 10.0 Å². The summed E-state index contributed by atoms with van der Waals surface area (Å²) in [7, 11) is -2.34. The van der Waals surface area contributed by atoms with Gasteiger partial charge >= 0.3 is 0 Å². The van der Waals surface area contributed by atoms with E-state index in [4.69, 9.17) is 4.74 Å². The molecule has 5 nitrogen and oxygen atoms in total. The lowest BCUT2D eigenvalue weighted by atomic mass is 10.0. The Kier molecular flexibility index (Phi) is 4.64. The second-order valence-corrected chi connectivity index (χ2v) is 8.02. The van der Waals surface area contributed by atoms with Gasteiger partial charge in [0.1, 0.15) is 10.6 Å². The molecule has 1 atom stereocenters. The average molecular weight is 410 g/mol. The van der Waals surface area contributed by atoms with Crippen LogP contribution >= 0.6 is 15.9 Å². The van der Waals surface area contributed by atoms with Crippen LogP contribution in [0, 0.1) is 0 Å². The molecule has 2 aromatic rings. The zero-order chi connectivity index (χ0) is 17.3. The first-order valence-corrected chi connectivity index (χ1v) is 9.68. The molecule has 1 unspecified atom stereocenters. The Morgan fingerprint density at radius 2 is 1.96 bits per heavy atom. The fraction of sp³-hybridized carbons (Fsp3) is 0.235. The number of halogens is 1. The van der Waals surface area contributed by atoms with E-state index < -0.39 is 21.8 Å². The SMILES string of the molecule is COc1cccc2c1CCC2C(=O)NS(=O)(=O)c1ccccc1Br. The van der Waals surface area contributed by atoms with E-state index in [0.29, 0.717) is 17.3 Å². The van der Waals surface area contributed by atoms with Gasteiger partial charge in [0.2, 0.25) is 5.91 Å². The van der Waals surface area contributed by atoms with Gasteiger partial charge in [0.05, 0.1) is 13.0 Å². The second kappa shape index (κ2) is 6.57. The van der Waals surface area contributed by atoms with Crippen molar-refractivity contribution < 1.29 is 17.9 Å². The van der Waals surface area contributed by atoms with Crippen LogP contribution in [0.25, 0.3) is 0 Å². The third-order valence-corrected chi connectivity index (χ3v) is 6.48. The summed E-state index contributed by atoms with van der Waals surface area (Å²) in [5, 5.41) is 0. The molecule has 0 radical (unpaired) electrons. The van der Waals surface area contributed by atoms with Crippen LogP contribution < -0.4 is 9.46 Å². The van der Waals surface area contributed by atoms with Gasteiger partial charge < -0.3 is 4.74 Å². The molecule has 0 aliphatic heterocycles. The molecule has 0 heterocycles. The van der Waals surface area contributed by atoms with Crippen molar-refractivity contribution >= 4 is 31.9 Å². The average Bonchev–Trinajstić information content (AvgIpc) is 2.98. The lowest BCUT2D eigenvalue weighted by Crippen LogP contribution is -2.34. The van der Waals surface area contributed by atoms with Crippen molar-refractivity contribution in [3.8, 4) is 5.75 Å². The fourth-order valence-corrected chi connectivity index (χ4v) is 5.03. The molecule has 24 heavy (non-hydrogen) atoms. The summed E-state index contributed by atoms with van der Waals surface area (Å²) in [5.41, 5.74) is 1.80. The van der Waals surface area contributed by atoms with E-state index in [-0.39, 0.29) is 4.90 Å². The smallest absolute Gasteiger partial charge is 0.265 e. The molecule has 7 heteroatoms. The quantitative estimate of drug-likeness (QED) is 0.841. The minimum atomic E-state index is -3.92. The molecule has 0 saturated carbocycles. The highest BCUT2D eigenvalue weighted by Gasteiger charge is 2.33. The first-order chi connectivity index (χ1) is 11.4. The van der Waals surface area contributed by atoms with Gasteiger partial charge in [-0.15, -0.1) is 0 Å². The maximum absolute atomic E-state index is 12.6. The fourth-order valence-electron chi connectivity index (χ4n) is 3.01. The first-order valence-electron chi connectivity index (χ1n) is 7.41. The number of methoxy groups -OCH3 is 1. The summed E-state index contributed by atoms with van der Waals surface area (Å²) >= 11 is 3.20. The maximum Gasteiger partial charge on any atom is 0.265 e. The van der Waals surface area contributed by atoms with Crippen molar-refractivity contribution in [2.75, 3.05) is 7.11 Å². The zero-order valence-corrected chi connectivity index (χ0v) is 15.4. The number of carbonyl (C=O) groups is 1. The Morgan fingerprint density at radius 1 is 1.21 bits per heavy atom. The van der Waals surface area contributed by atoms with E-state index in [1.165, 1.54) is 6.07 Å². The number of fused-ring (bicyclic) bond motifs is 1. The number of ether oxygens (including phenoxy) is 1. The number of sulfonamides is 1. The molecule has 1 N–H and O–H groups in total. The highest BCUT2D eigenvalue weighted by molar-refractivity contribution is 9.10. The zero-order valence-electron chi connectivity index (χ0n) is 13.0. The monoisotopic (exact) mass is 409 g/mol. The summed E-state index contributed by atoms with van der Waals surface area (Å²) in [4.78, 5) is 12.6. The predicted molar refractivity (Wildman–Crippen MR) is 93.5 cm³/mol. The highest BCUT2D eigenvalue weighted by Crippen LogP contribution is 2.38. The van der Waals surface area contributed by atoms with E-state index in [2.05, 4.69) is 20.7 Å². The highest BCUT2D eigenvalue weighted by atomic mass is 79.9. The van der Waals surface area contributed by atoms with Gasteiger partial charge in [-0.1, -0.05) is 24.3 Å². The second-order valence-electron chi connectivity index (χ2n) is 5.52. The predicted octanol–water partition coefficient (Wildman–Crippen LogP) is 2.99. The number of rotatable bonds is 4. The molecule has 0 spiro atoms. The van der Waals surface area contributed by atoms with Crippen LogP contribution in [0.4, 0.5) is 0 Å². The normalized spacial score (nSPS) is 16.5. The van der Waals surface area contributed by atoms with Crippen LogP contribution in [-0.2, 0) is 21.2 Å². The molecule has 1 aliphatic rings. The van der Waals surface area contributed by atoms with E-state index in [1.54, 1.807) is 25.3 Å². The Morgan fingerprint density at radius 3 is 2.67 bits per heavy atom. The topological polar surface area (TPSA) is 72.5 Å². The first kappa shape index (κ1) is 17.0. The third kappa shape index (κ3) is 3.06. The van der Waals surface area contributed by atoms with Crippen molar-refractivity contribution in [2.45, 2.75) is 23.7 Å². The van der Waals surface area contributed by atoms with Crippen molar-refractivity contribution in [3.05, 3.63) is 58.1 Å². The van der Waals surface area contributed by atoms with Gasteiger partial charge in [0, 0.05) is 4.47 Å². The largest absolute Gasteiger partial charge is 0.496 e. The van der Waals surface area contributed by atoms with Gasteiger partial charge in [0.15, 0.2) is 0 Å². The molecule has 1 amide bonds. The Balaban J connectivity index is 1.87. The molecule has 1 aliphatic carbocycles. The summed E-state index contributed by atoms with van der Waals surface area (Å²) in [6, 6.07) is 11.9. The number of nitrogens with one attached hydrogen (secondary N) is 1. The standard InChI is InChI=1S/C17H16BrNO4S/c1-23-15-7-4-5-11-12(15)9-10-13(11)17(20)19-24(21,22)16-8-3-2-6-14(16)18/h2-8,13H,9-10H2,1H3,(H,19,20).